The smallest absolute Gasteiger partial charge is 0.341 e. The summed E-state index contributed by atoms with van der Waals surface area (Å²) in [5, 5.41) is 3.57. The van der Waals surface area contributed by atoms with Crippen LogP contribution in [0.1, 0.15) is 20.8 Å². The minimum atomic E-state index is -0.478. The molecule has 0 aliphatic heterocycles. The Bertz CT molecular complexity index is 742. The molecule has 2 rings (SSSR count). The Hall–Kier alpha value is -2.05. The Morgan fingerprint density at radius 1 is 1.26 bits per heavy atom. The lowest BCUT2D eigenvalue weighted by Gasteiger charge is -2.09. The number of hydrogen-bond acceptors (Lipinski definition) is 5. The summed E-state index contributed by atoms with van der Waals surface area (Å²) in [6.07, 6.45) is 0. The van der Waals surface area contributed by atoms with Gasteiger partial charge in [-0.15, -0.1) is 11.3 Å². The zero-order valence-electron chi connectivity index (χ0n) is 12.9. The molecule has 0 radical (unpaired) electrons. The molecule has 7 heteroatoms. The molecule has 1 aromatic carbocycles. The molecule has 1 amide bonds. The summed E-state index contributed by atoms with van der Waals surface area (Å²) in [5.74, 6) is -0.429. The van der Waals surface area contributed by atoms with Gasteiger partial charge in [-0.1, -0.05) is 23.7 Å². The Balaban J connectivity index is 2.08. The fourth-order valence-corrected chi connectivity index (χ4v) is 3.19. The third-order valence-electron chi connectivity index (χ3n) is 3.22. The predicted octanol–water partition coefficient (Wildman–Crippen LogP) is 3.82. The molecule has 0 saturated heterocycles. The van der Waals surface area contributed by atoms with E-state index >= 15 is 0 Å². The Kier molecular flexibility index (Phi) is 5.63. The number of carbonyl (C=O) groups is 2. The molecule has 0 fully saturated rings. The van der Waals surface area contributed by atoms with Gasteiger partial charge in [-0.05, 0) is 31.5 Å². The van der Waals surface area contributed by atoms with Crippen molar-refractivity contribution >= 4 is 39.8 Å². The highest BCUT2D eigenvalue weighted by Crippen LogP contribution is 2.33. The third-order valence-corrected chi connectivity index (χ3v) is 4.66. The summed E-state index contributed by atoms with van der Waals surface area (Å²) in [6, 6.07) is 6.89. The molecule has 0 bridgehead atoms. The molecule has 0 spiro atoms. The number of rotatable bonds is 5. The van der Waals surface area contributed by atoms with E-state index in [1.807, 2.05) is 13.8 Å². The van der Waals surface area contributed by atoms with Crippen molar-refractivity contribution in [2.24, 2.45) is 0 Å². The number of aryl methyl sites for hydroxylation is 1. The van der Waals surface area contributed by atoms with Crippen LogP contribution in [0.4, 0.5) is 5.00 Å². The Morgan fingerprint density at radius 2 is 1.96 bits per heavy atom. The predicted molar refractivity (Wildman–Crippen MR) is 90.7 cm³/mol. The topological polar surface area (TPSA) is 64.6 Å². The van der Waals surface area contributed by atoms with Crippen LogP contribution in [0.5, 0.6) is 5.75 Å². The summed E-state index contributed by atoms with van der Waals surface area (Å²) in [4.78, 5) is 24.9. The lowest BCUT2D eigenvalue weighted by atomic mass is 10.1. The zero-order chi connectivity index (χ0) is 17.0. The first-order chi connectivity index (χ1) is 10.9. The van der Waals surface area contributed by atoms with Gasteiger partial charge in [0.05, 0.1) is 17.7 Å². The number of methoxy groups -OCH3 is 1. The van der Waals surface area contributed by atoms with Gasteiger partial charge in [0.25, 0.3) is 5.91 Å². The van der Waals surface area contributed by atoms with Crippen molar-refractivity contribution in [1.82, 2.24) is 0 Å². The number of ether oxygens (including phenoxy) is 2. The van der Waals surface area contributed by atoms with Crippen LogP contribution in [-0.2, 0) is 9.53 Å². The van der Waals surface area contributed by atoms with Gasteiger partial charge in [-0.2, -0.15) is 0 Å². The molecule has 0 aliphatic rings. The van der Waals surface area contributed by atoms with Crippen molar-refractivity contribution in [3.05, 3.63) is 45.3 Å². The van der Waals surface area contributed by atoms with Crippen molar-refractivity contribution < 1.29 is 19.1 Å². The molecule has 0 saturated carbocycles. The maximum absolute atomic E-state index is 12.1. The summed E-state index contributed by atoms with van der Waals surface area (Å²) >= 11 is 7.29. The van der Waals surface area contributed by atoms with E-state index in [0.29, 0.717) is 21.3 Å². The first-order valence-corrected chi connectivity index (χ1v) is 7.99. The molecule has 5 nitrogen and oxygen atoms in total. The highest BCUT2D eigenvalue weighted by atomic mass is 35.5. The zero-order valence-corrected chi connectivity index (χ0v) is 14.5. The number of benzene rings is 1. The number of amides is 1. The van der Waals surface area contributed by atoms with E-state index in [4.69, 9.17) is 21.1 Å². The number of anilines is 1. The van der Waals surface area contributed by atoms with E-state index in [1.165, 1.54) is 18.4 Å². The normalized spacial score (nSPS) is 10.3. The second-order valence-electron chi connectivity index (χ2n) is 4.75. The molecule has 2 aromatic rings. The second-order valence-corrected chi connectivity index (χ2v) is 6.38. The van der Waals surface area contributed by atoms with Crippen LogP contribution in [-0.4, -0.2) is 25.6 Å². The minimum Gasteiger partial charge on any atom is -0.482 e. The highest BCUT2D eigenvalue weighted by Gasteiger charge is 2.21. The van der Waals surface area contributed by atoms with Crippen LogP contribution in [0.2, 0.25) is 5.02 Å². The fourth-order valence-electron chi connectivity index (χ4n) is 1.93. The van der Waals surface area contributed by atoms with Crippen LogP contribution in [0.3, 0.4) is 0 Å². The van der Waals surface area contributed by atoms with Crippen LogP contribution in [0.15, 0.2) is 24.3 Å². The Morgan fingerprint density at radius 3 is 2.61 bits per heavy atom. The van der Waals surface area contributed by atoms with Crippen molar-refractivity contribution in [3.8, 4) is 5.75 Å². The Labute approximate surface area is 143 Å². The number of esters is 1. The summed E-state index contributed by atoms with van der Waals surface area (Å²) in [6.45, 7) is 3.48. The lowest BCUT2D eigenvalue weighted by molar-refractivity contribution is -0.118. The molecule has 0 atom stereocenters. The van der Waals surface area contributed by atoms with Crippen LogP contribution >= 0.6 is 22.9 Å². The maximum Gasteiger partial charge on any atom is 0.341 e. The maximum atomic E-state index is 12.1. The SMILES string of the molecule is COC(=O)c1c(NC(=O)COc2ccccc2Cl)sc(C)c1C. The van der Waals surface area contributed by atoms with Crippen molar-refractivity contribution in [3.63, 3.8) is 0 Å². The summed E-state index contributed by atoms with van der Waals surface area (Å²) < 4.78 is 10.1. The molecule has 1 aromatic heterocycles. The molecule has 23 heavy (non-hydrogen) atoms. The van der Waals surface area contributed by atoms with Gasteiger partial charge in [0.15, 0.2) is 6.61 Å². The summed E-state index contributed by atoms with van der Waals surface area (Å²) in [7, 11) is 1.31. The van der Waals surface area contributed by atoms with Gasteiger partial charge in [0, 0.05) is 4.88 Å². The largest absolute Gasteiger partial charge is 0.482 e. The van der Waals surface area contributed by atoms with Crippen LogP contribution < -0.4 is 10.1 Å². The monoisotopic (exact) mass is 353 g/mol. The van der Waals surface area contributed by atoms with Crippen molar-refractivity contribution in [2.75, 3.05) is 19.0 Å². The van der Waals surface area contributed by atoms with E-state index in [1.54, 1.807) is 24.3 Å². The number of carbonyl (C=O) groups excluding carboxylic acids is 2. The van der Waals surface area contributed by atoms with Crippen molar-refractivity contribution in [2.45, 2.75) is 13.8 Å². The van der Waals surface area contributed by atoms with E-state index in [2.05, 4.69) is 5.32 Å². The third kappa shape index (κ3) is 4.03. The molecule has 1 N–H and O–H groups in total. The van der Waals surface area contributed by atoms with Gasteiger partial charge < -0.3 is 14.8 Å². The van der Waals surface area contributed by atoms with Gasteiger partial charge in [0.2, 0.25) is 0 Å². The molecular weight excluding hydrogens is 338 g/mol. The number of thiophene rings is 1. The van der Waals surface area contributed by atoms with E-state index in [0.717, 1.165) is 10.4 Å². The first-order valence-electron chi connectivity index (χ1n) is 6.79. The van der Waals surface area contributed by atoms with E-state index in [-0.39, 0.29) is 12.5 Å². The molecule has 0 unspecified atom stereocenters. The van der Waals surface area contributed by atoms with Crippen LogP contribution in [0, 0.1) is 13.8 Å². The van der Waals surface area contributed by atoms with E-state index < -0.39 is 5.97 Å². The molecule has 122 valence electrons. The van der Waals surface area contributed by atoms with Crippen LogP contribution in [0.25, 0.3) is 0 Å². The highest BCUT2D eigenvalue weighted by molar-refractivity contribution is 7.16. The minimum absolute atomic E-state index is 0.208. The average Bonchev–Trinajstić information content (AvgIpc) is 2.80. The quantitative estimate of drug-likeness (QED) is 0.830. The second kappa shape index (κ2) is 7.48. The first kappa shape index (κ1) is 17.3. The van der Waals surface area contributed by atoms with Gasteiger partial charge in [-0.3, -0.25) is 4.79 Å². The summed E-state index contributed by atoms with van der Waals surface area (Å²) in [5.41, 5.74) is 1.17. The number of para-hydroxylation sites is 1. The van der Waals surface area contributed by atoms with Gasteiger partial charge in [0.1, 0.15) is 10.8 Å². The molecule has 0 aliphatic carbocycles. The molecule has 1 heterocycles. The number of halogens is 1. The average molecular weight is 354 g/mol. The van der Waals surface area contributed by atoms with Crippen molar-refractivity contribution in [1.29, 1.82) is 0 Å². The molecular formula is C16H16ClNO4S. The standard InChI is InChI=1S/C16H16ClNO4S/c1-9-10(2)23-15(14(9)16(20)21-3)18-13(19)8-22-12-7-5-4-6-11(12)17/h4-7H,8H2,1-3H3,(H,18,19). The number of hydrogen-bond donors (Lipinski definition) is 1. The van der Waals surface area contributed by atoms with E-state index in [9.17, 15) is 9.59 Å². The fraction of sp³-hybridized carbons (Fsp3) is 0.250. The van der Waals surface area contributed by atoms with Gasteiger partial charge >= 0.3 is 5.97 Å². The lowest BCUT2D eigenvalue weighted by Crippen LogP contribution is -2.21. The number of nitrogens with one attached hydrogen (secondary N) is 1. The van der Waals surface area contributed by atoms with Gasteiger partial charge in [-0.25, -0.2) is 4.79 Å².